The van der Waals surface area contributed by atoms with Crippen molar-refractivity contribution in [3.05, 3.63) is 41.7 Å². The standard InChI is InChI=1S/C12H12O4/c1-8(13)11(9(2)14)12(15)16-10-6-4-3-5-7-10/h3-7,13H,1-2H3/b11-8+. The lowest BCUT2D eigenvalue weighted by Crippen LogP contribution is -2.18. The number of hydrogen-bond acceptors (Lipinski definition) is 4. The second-order valence-electron chi connectivity index (χ2n) is 3.22. The smallest absolute Gasteiger partial charge is 0.350 e. The Balaban J connectivity index is 2.88. The summed E-state index contributed by atoms with van der Waals surface area (Å²) in [6.07, 6.45) is 0. The van der Waals surface area contributed by atoms with Gasteiger partial charge in [-0.05, 0) is 26.0 Å². The van der Waals surface area contributed by atoms with Crippen LogP contribution in [0.1, 0.15) is 13.8 Å². The molecule has 0 unspecified atom stereocenters. The summed E-state index contributed by atoms with van der Waals surface area (Å²) in [6, 6.07) is 8.35. The zero-order chi connectivity index (χ0) is 12.1. The Hall–Kier alpha value is -2.10. The lowest BCUT2D eigenvalue weighted by Gasteiger charge is -2.05. The summed E-state index contributed by atoms with van der Waals surface area (Å²) in [4.78, 5) is 22.6. The van der Waals surface area contributed by atoms with Crippen LogP contribution in [0.25, 0.3) is 0 Å². The van der Waals surface area contributed by atoms with Crippen LogP contribution in [-0.2, 0) is 9.59 Å². The highest BCUT2D eigenvalue weighted by Crippen LogP contribution is 2.12. The van der Waals surface area contributed by atoms with E-state index in [1.807, 2.05) is 0 Å². The Morgan fingerprint density at radius 2 is 1.69 bits per heavy atom. The molecule has 1 aromatic rings. The van der Waals surface area contributed by atoms with E-state index in [0.29, 0.717) is 5.75 Å². The number of Topliss-reactive ketones (excluding diaryl/α,β-unsaturated/α-hetero) is 1. The molecule has 1 rings (SSSR count). The minimum absolute atomic E-state index is 0.326. The number of aliphatic hydroxyl groups is 1. The van der Waals surface area contributed by atoms with Gasteiger partial charge >= 0.3 is 5.97 Å². The number of esters is 1. The average Bonchev–Trinajstić information content (AvgIpc) is 2.17. The molecule has 0 aromatic heterocycles. The fourth-order valence-corrected chi connectivity index (χ4v) is 1.19. The Morgan fingerprint density at radius 3 is 2.12 bits per heavy atom. The molecule has 0 bridgehead atoms. The monoisotopic (exact) mass is 220 g/mol. The van der Waals surface area contributed by atoms with E-state index in [1.54, 1.807) is 30.3 Å². The van der Waals surface area contributed by atoms with Crippen LogP contribution in [0.4, 0.5) is 0 Å². The third-order valence-electron chi connectivity index (χ3n) is 1.87. The summed E-state index contributed by atoms with van der Waals surface area (Å²) in [5, 5.41) is 9.19. The van der Waals surface area contributed by atoms with Crippen molar-refractivity contribution in [1.29, 1.82) is 0 Å². The van der Waals surface area contributed by atoms with E-state index in [-0.39, 0.29) is 11.3 Å². The fourth-order valence-electron chi connectivity index (χ4n) is 1.19. The van der Waals surface area contributed by atoms with Crippen molar-refractivity contribution >= 4 is 11.8 Å². The highest BCUT2D eigenvalue weighted by molar-refractivity contribution is 6.17. The van der Waals surface area contributed by atoms with Crippen LogP contribution in [0.15, 0.2) is 41.7 Å². The molecule has 0 atom stereocenters. The van der Waals surface area contributed by atoms with Crippen molar-refractivity contribution in [2.75, 3.05) is 0 Å². The SMILES string of the molecule is CC(=O)/C(C(=O)Oc1ccccc1)=C(/C)O. The van der Waals surface area contributed by atoms with E-state index >= 15 is 0 Å². The van der Waals surface area contributed by atoms with Crippen LogP contribution >= 0.6 is 0 Å². The predicted molar refractivity (Wildman–Crippen MR) is 58.1 cm³/mol. The maximum atomic E-state index is 11.5. The molecule has 16 heavy (non-hydrogen) atoms. The Bertz CT molecular complexity index is 428. The van der Waals surface area contributed by atoms with Crippen LogP contribution in [-0.4, -0.2) is 16.9 Å². The van der Waals surface area contributed by atoms with Crippen LogP contribution < -0.4 is 4.74 Å². The van der Waals surface area contributed by atoms with E-state index in [0.717, 1.165) is 0 Å². The molecule has 0 amide bonds. The van der Waals surface area contributed by atoms with Crippen molar-refractivity contribution in [2.45, 2.75) is 13.8 Å². The van der Waals surface area contributed by atoms with E-state index < -0.39 is 11.8 Å². The van der Waals surface area contributed by atoms with Crippen LogP contribution in [0.3, 0.4) is 0 Å². The van der Waals surface area contributed by atoms with Gasteiger partial charge in [-0.15, -0.1) is 0 Å². The maximum absolute atomic E-state index is 11.5. The Labute approximate surface area is 93.2 Å². The van der Waals surface area contributed by atoms with Gasteiger partial charge in [-0.2, -0.15) is 0 Å². The van der Waals surface area contributed by atoms with Gasteiger partial charge in [0.25, 0.3) is 0 Å². The number of carbonyl (C=O) groups is 2. The Kier molecular flexibility index (Phi) is 3.83. The van der Waals surface area contributed by atoms with E-state index in [1.165, 1.54) is 13.8 Å². The molecule has 0 spiro atoms. The molecule has 1 aromatic carbocycles. The van der Waals surface area contributed by atoms with Crippen LogP contribution in [0.5, 0.6) is 5.75 Å². The van der Waals surface area contributed by atoms with Crippen LogP contribution in [0, 0.1) is 0 Å². The summed E-state index contributed by atoms with van der Waals surface area (Å²) in [6.45, 7) is 2.46. The molecule has 0 aliphatic heterocycles. The third kappa shape index (κ3) is 2.95. The van der Waals surface area contributed by atoms with Crippen molar-refractivity contribution in [3.8, 4) is 5.75 Å². The molecule has 4 heteroatoms. The highest BCUT2D eigenvalue weighted by Gasteiger charge is 2.20. The average molecular weight is 220 g/mol. The minimum Gasteiger partial charge on any atom is -0.512 e. The van der Waals surface area contributed by atoms with Gasteiger partial charge in [-0.1, -0.05) is 18.2 Å². The molecule has 4 nitrogen and oxygen atoms in total. The van der Waals surface area contributed by atoms with E-state index in [2.05, 4.69) is 0 Å². The lowest BCUT2D eigenvalue weighted by atomic mass is 10.1. The van der Waals surface area contributed by atoms with Crippen molar-refractivity contribution in [2.24, 2.45) is 0 Å². The van der Waals surface area contributed by atoms with Gasteiger partial charge in [-0.25, -0.2) is 4.79 Å². The number of ketones is 1. The molecule has 0 aliphatic carbocycles. The first-order chi connectivity index (χ1) is 7.52. The third-order valence-corrected chi connectivity index (χ3v) is 1.87. The topological polar surface area (TPSA) is 63.6 Å². The second kappa shape index (κ2) is 5.11. The summed E-state index contributed by atoms with van der Waals surface area (Å²) in [5.41, 5.74) is -0.330. The molecule has 0 fully saturated rings. The second-order valence-corrected chi connectivity index (χ2v) is 3.22. The molecular formula is C12H12O4. The first kappa shape index (κ1) is 12.0. The zero-order valence-corrected chi connectivity index (χ0v) is 9.06. The molecule has 0 radical (unpaired) electrons. The number of allylic oxidation sites excluding steroid dienone is 1. The predicted octanol–water partition coefficient (Wildman–Crippen LogP) is 2.01. The van der Waals surface area contributed by atoms with Crippen LogP contribution in [0.2, 0.25) is 0 Å². The number of benzene rings is 1. The molecule has 1 N–H and O–H groups in total. The molecule has 0 saturated heterocycles. The van der Waals surface area contributed by atoms with Crippen molar-refractivity contribution < 1.29 is 19.4 Å². The molecular weight excluding hydrogens is 208 g/mol. The lowest BCUT2D eigenvalue weighted by molar-refractivity contribution is -0.132. The molecule has 0 saturated carbocycles. The van der Waals surface area contributed by atoms with Gasteiger partial charge in [-0.3, -0.25) is 4.79 Å². The molecule has 0 aliphatic rings. The van der Waals surface area contributed by atoms with Gasteiger partial charge in [0.2, 0.25) is 0 Å². The number of para-hydroxylation sites is 1. The summed E-state index contributed by atoms with van der Waals surface area (Å²) in [5.74, 6) is -1.39. The van der Waals surface area contributed by atoms with E-state index in [9.17, 15) is 14.7 Å². The molecule has 84 valence electrons. The van der Waals surface area contributed by atoms with Crippen molar-refractivity contribution in [3.63, 3.8) is 0 Å². The summed E-state index contributed by atoms with van der Waals surface area (Å²) >= 11 is 0. The largest absolute Gasteiger partial charge is 0.512 e. The van der Waals surface area contributed by atoms with Gasteiger partial charge < -0.3 is 9.84 Å². The minimum atomic E-state index is -0.848. The van der Waals surface area contributed by atoms with Gasteiger partial charge in [0.1, 0.15) is 17.1 Å². The zero-order valence-electron chi connectivity index (χ0n) is 9.06. The first-order valence-corrected chi connectivity index (χ1v) is 4.70. The number of carbonyl (C=O) groups excluding carboxylic acids is 2. The number of hydrogen-bond donors (Lipinski definition) is 1. The van der Waals surface area contributed by atoms with Gasteiger partial charge in [0, 0.05) is 0 Å². The van der Waals surface area contributed by atoms with Gasteiger partial charge in [0.05, 0.1) is 0 Å². The molecule has 0 heterocycles. The number of aliphatic hydroxyl groups excluding tert-OH is 1. The van der Waals surface area contributed by atoms with E-state index in [4.69, 9.17) is 4.74 Å². The first-order valence-electron chi connectivity index (χ1n) is 4.70. The normalized spacial score (nSPS) is 11.6. The number of rotatable bonds is 3. The fraction of sp³-hybridized carbons (Fsp3) is 0.167. The highest BCUT2D eigenvalue weighted by atomic mass is 16.5. The summed E-state index contributed by atoms with van der Waals surface area (Å²) in [7, 11) is 0. The maximum Gasteiger partial charge on any atom is 0.350 e. The number of ether oxygens (including phenoxy) is 1. The summed E-state index contributed by atoms with van der Waals surface area (Å²) < 4.78 is 4.92. The van der Waals surface area contributed by atoms with Crippen molar-refractivity contribution in [1.82, 2.24) is 0 Å². The quantitative estimate of drug-likeness (QED) is 0.211. The Morgan fingerprint density at radius 1 is 1.12 bits per heavy atom. The van der Waals surface area contributed by atoms with Gasteiger partial charge in [0.15, 0.2) is 5.78 Å².